The Morgan fingerprint density at radius 3 is 3.00 bits per heavy atom. The van der Waals surface area contributed by atoms with Gasteiger partial charge in [-0.05, 0) is 37.7 Å². The van der Waals surface area contributed by atoms with Crippen LogP contribution < -0.4 is 5.73 Å². The fourth-order valence-corrected chi connectivity index (χ4v) is 2.13. The molecule has 0 spiro atoms. The Morgan fingerprint density at radius 1 is 1.12 bits per heavy atom. The number of rotatable bonds is 0. The first-order valence-corrected chi connectivity index (χ1v) is 6.00. The highest BCUT2D eigenvalue weighted by atomic mass is 14.5. The lowest BCUT2D eigenvalue weighted by molar-refractivity contribution is 0.598. The first kappa shape index (κ1) is 11.0. The molecule has 2 bridgehead atoms. The van der Waals surface area contributed by atoms with Crippen LogP contribution in [0.15, 0.2) is 59.9 Å². The third-order valence-corrected chi connectivity index (χ3v) is 3.05. The van der Waals surface area contributed by atoms with Gasteiger partial charge in [-0.25, -0.2) is 0 Å². The lowest BCUT2D eigenvalue weighted by Crippen LogP contribution is -1.96. The summed E-state index contributed by atoms with van der Waals surface area (Å²) in [5.41, 5.74) is 8.17. The number of allylic oxidation sites excluding steroid dienone is 9. The van der Waals surface area contributed by atoms with Crippen LogP contribution >= 0.6 is 0 Å². The molecule has 1 nitrogen and oxygen atoms in total. The zero-order valence-electron chi connectivity index (χ0n) is 9.60. The number of hydrogen-bond acceptors (Lipinski definition) is 1. The highest BCUT2D eigenvalue weighted by Gasteiger charge is 2.08. The summed E-state index contributed by atoms with van der Waals surface area (Å²) in [5.74, 6) is 0.672. The Bertz CT molecular complexity index is 380. The van der Waals surface area contributed by atoms with Gasteiger partial charge in [0.2, 0.25) is 0 Å². The monoisotopic (exact) mass is 213 g/mol. The lowest BCUT2D eigenvalue weighted by atomic mass is 9.95. The fourth-order valence-electron chi connectivity index (χ4n) is 2.13. The van der Waals surface area contributed by atoms with Crippen LogP contribution in [-0.4, -0.2) is 0 Å². The van der Waals surface area contributed by atoms with Crippen molar-refractivity contribution in [2.45, 2.75) is 25.7 Å². The van der Waals surface area contributed by atoms with Gasteiger partial charge in [0.25, 0.3) is 0 Å². The van der Waals surface area contributed by atoms with E-state index in [4.69, 9.17) is 5.73 Å². The molecule has 0 radical (unpaired) electrons. The first-order chi connectivity index (χ1) is 7.84. The first-order valence-electron chi connectivity index (χ1n) is 6.00. The molecule has 0 amide bonds. The molecule has 0 saturated heterocycles. The van der Waals surface area contributed by atoms with Crippen LogP contribution in [0.1, 0.15) is 25.7 Å². The van der Waals surface area contributed by atoms with Gasteiger partial charge in [0, 0.05) is 5.70 Å². The molecular formula is C15H19N. The van der Waals surface area contributed by atoms with Gasteiger partial charge in [-0.2, -0.15) is 0 Å². The molecule has 0 aliphatic heterocycles. The Kier molecular flexibility index (Phi) is 3.81. The molecular weight excluding hydrogens is 194 g/mol. The van der Waals surface area contributed by atoms with E-state index >= 15 is 0 Å². The van der Waals surface area contributed by atoms with Gasteiger partial charge in [-0.15, -0.1) is 0 Å². The summed E-state index contributed by atoms with van der Waals surface area (Å²) in [6.07, 6.45) is 21.8. The summed E-state index contributed by atoms with van der Waals surface area (Å²) in [7, 11) is 0. The molecule has 2 aliphatic rings. The smallest absolute Gasteiger partial charge is 0.0273 e. The fraction of sp³-hybridized carbons (Fsp3) is 0.333. The SMILES string of the molecule is NC1=C\C/C=C2/C=CC=CC(CC/C=C\1)C2. The van der Waals surface area contributed by atoms with Crippen LogP contribution in [0.5, 0.6) is 0 Å². The second-order valence-electron chi connectivity index (χ2n) is 4.41. The molecule has 2 N–H and O–H groups in total. The topological polar surface area (TPSA) is 26.0 Å². The van der Waals surface area contributed by atoms with Crippen molar-refractivity contribution in [3.8, 4) is 0 Å². The van der Waals surface area contributed by atoms with Gasteiger partial charge in [0.15, 0.2) is 0 Å². The van der Waals surface area contributed by atoms with Crippen LogP contribution in [0, 0.1) is 5.92 Å². The van der Waals surface area contributed by atoms with Crippen molar-refractivity contribution >= 4 is 0 Å². The van der Waals surface area contributed by atoms with Crippen LogP contribution in [0.25, 0.3) is 0 Å². The van der Waals surface area contributed by atoms with Gasteiger partial charge in [0.05, 0.1) is 0 Å². The molecule has 16 heavy (non-hydrogen) atoms. The summed E-state index contributed by atoms with van der Waals surface area (Å²) in [6, 6.07) is 0. The van der Waals surface area contributed by atoms with E-state index < -0.39 is 0 Å². The Hall–Kier alpha value is -1.50. The van der Waals surface area contributed by atoms with Crippen molar-refractivity contribution in [1.29, 1.82) is 0 Å². The standard InChI is InChI=1S/C15H19N/c16-15-10-4-3-8-13-6-1-2-7-14(12-13)9-5-11-15/h1-2,4,6-7,9-11,13H,3,5,8,12,16H2/b10-4-,14-9-,15-11-. The van der Waals surface area contributed by atoms with Crippen molar-refractivity contribution in [2.75, 3.05) is 0 Å². The van der Waals surface area contributed by atoms with Crippen LogP contribution in [0.3, 0.4) is 0 Å². The third-order valence-electron chi connectivity index (χ3n) is 3.05. The normalized spacial score (nSPS) is 33.9. The zero-order chi connectivity index (χ0) is 11.2. The molecule has 1 atom stereocenters. The second kappa shape index (κ2) is 5.55. The summed E-state index contributed by atoms with van der Waals surface area (Å²) in [5, 5.41) is 0. The molecule has 0 aromatic heterocycles. The molecule has 0 aromatic rings. The minimum absolute atomic E-state index is 0.672. The Balaban J connectivity index is 2.18. The molecule has 84 valence electrons. The van der Waals surface area contributed by atoms with Crippen molar-refractivity contribution in [2.24, 2.45) is 11.7 Å². The summed E-state index contributed by atoms with van der Waals surface area (Å²) < 4.78 is 0. The minimum Gasteiger partial charge on any atom is -0.399 e. The average Bonchev–Trinajstić information content (AvgIpc) is 2.51. The maximum atomic E-state index is 5.86. The van der Waals surface area contributed by atoms with E-state index in [9.17, 15) is 0 Å². The van der Waals surface area contributed by atoms with Crippen LogP contribution in [0.2, 0.25) is 0 Å². The van der Waals surface area contributed by atoms with Crippen LogP contribution in [-0.2, 0) is 0 Å². The van der Waals surface area contributed by atoms with Crippen LogP contribution in [0.4, 0.5) is 0 Å². The Labute approximate surface area is 97.7 Å². The highest BCUT2D eigenvalue weighted by Crippen LogP contribution is 2.23. The predicted octanol–water partition coefficient (Wildman–Crippen LogP) is 3.63. The van der Waals surface area contributed by atoms with E-state index in [1.807, 2.05) is 6.08 Å². The minimum atomic E-state index is 0.672. The van der Waals surface area contributed by atoms with Crippen molar-refractivity contribution in [1.82, 2.24) is 0 Å². The van der Waals surface area contributed by atoms with Gasteiger partial charge in [-0.3, -0.25) is 0 Å². The van der Waals surface area contributed by atoms with Gasteiger partial charge >= 0.3 is 0 Å². The molecule has 2 aliphatic carbocycles. The quantitative estimate of drug-likeness (QED) is 0.653. The van der Waals surface area contributed by atoms with Gasteiger partial charge in [-0.1, -0.05) is 48.1 Å². The second-order valence-corrected chi connectivity index (χ2v) is 4.41. The molecule has 0 heterocycles. The van der Waals surface area contributed by atoms with Crippen molar-refractivity contribution in [3.05, 3.63) is 59.9 Å². The van der Waals surface area contributed by atoms with Gasteiger partial charge < -0.3 is 5.73 Å². The maximum absolute atomic E-state index is 5.86. The van der Waals surface area contributed by atoms with E-state index in [0.717, 1.165) is 25.0 Å². The average molecular weight is 213 g/mol. The summed E-state index contributed by atoms with van der Waals surface area (Å²) in [6.45, 7) is 0. The molecule has 0 fully saturated rings. The zero-order valence-corrected chi connectivity index (χ0v) is 9.60. The maximum Gasteiger partial charge on any atom is 0.0273 e. The van der Waals surface area contributed by atoms with Crippen molar-refractivity contribution in [3.63, 3.8) is 0 Å². The largest absolute Gasteiger partial charge is 0.399 e. The van der Waals surface area contributed by atoms with E-state index in [-0.39, 0.29) is 0 Å². The van der Waals surface area contributed by atoms with Gasteiger partial charge in [0.1, 0.15) is 0 Å². The molecule has 1 unspecified atom stereocenters. The van der Waals surface area contributed by atoms with E-state index in [0.29, 0.717) is 5.92 Å². The number of nitrogens with two attached hydrogens (primary N) is 1. The van der Waals surface area contributed by atoms with E-state index in [1.54, 1.807) is 0 Å². The Morgan fingerprint density at radius 2 is 2.06 bits per heavy atom. The molecule has 0 saturated carbocycles. The van der Waals surface area contributed by atoms with Crippen molar-refractivity contribution < 1.29 is 0 Å². The van der Waals surface area contributed by atoms with E-state index in [1.165, 1.54) is 12.0 Å². The van der Waals surface area contributed by atoms with E-state index in [2.05, 4.69) is 42.5 Å². The lowest BCUT2D eigenvalue weighted by Gasteiger charge is -2.10. The number of fused-ring (bicyclic) bond motifs is 2. The molecule has 2 rings (SSSR count). The molecule has 0 aromatic carbocycles. The predicted molar refractivity (Wildman–Crippen MR) is 69.7 cm³/mol. The summed E-state index contributed by atoms with van der Waals surface area (Å²) in [4.78, 5) is 0. The third kappa shape index (κ3) is 3.27. The highest BCUT2D eigenvalue weighted by molar-refractivity contribution is 5.28. The summed E-state index contributed by atoms with van der Waals surface area (Å²) >= 11 is 0. The number of hydrogen-bond donors (Lipinski definition) is 1. The molecule has 1 heteroatoms.